The Morgan fingerprint density at radius 2 is 1.89 bits per heavy atom. The SMILES string of the molecule is CC(C)C1CCN(C2CCCC(N)(C(N)=O)C2)CC1. The first-order chi connectivity index (χ1) is 8.92. The zero-order chi connectivity index (χ0) is 14.0. The molecule has 2 fully saturated rings. The molecule has 1 aliphatic carbocycles. The molecule has 0 aromatic carbocycles. The molecule has 0 aromatic rings. The van der Waals surface area contributed by atoms with Gasteiger partial charge in [-0.15, -0.1) is 0 Å². The molecule has 19 heavy (non-hydrogen) atoms. The first-order valence-corrected chi connectivity index (χ1v) is 7.75. The number of likely N-dealkylation sites (tertiary alicyclic amines) is 1. The molecule has 0 radical (unpaired) electrons. The molecule has 2 aliphatic rings. The van der Waals surface area contributed by atoms with Crippen molar-refractivity contribution in [2.75, 3.05) is 13.1 Å². The molecule has 1 saturated carbocycles. The van der Waals surface area contributed by atoms with Crippen molar-refractivity contribution in [1.29, 1.82) is 0 Å². The molecule has 1 heterocycles. The summed E-state index contributed by atoms with van der Waals surface area (Å²) in [4.78, 5) is 14.1. The Balaban J connectivity index is 1.91. The minimum atomic E-state index is -0.766. The van der Waals surface area contributed by atoms with Gasteiger partial charge in [0.1, 0.15) is 0 Å². The van der Waals surface area contributed by atoms with Gasteiger partial charge >= 0.3 is 0 Å². The quantitative estimate of drug-likeness (QED) is 0.813. The van der Waals surface area contributed by atoms with E-state index in [0.29, 0.717) is 6.04 Å². The van der Waals surface area contributed by atoms with Crippen LogP contribution in [-0.2, 0) is 4.79 Å². The highest BCUT2D eigenvalue weighted by Crippen LogP contribution is 2.33. The van der Waals surface area contributed by atoms with Crippen LogP contribution in [0.4, 0.5) is 0 Å². The largest absolute Gasteiger partial charge is 0.368 e. The minimum Gasteiger partial charge on any atom is -0.368 e. The minimum absolute atomic E-state index is 0.325. The molecule has 4 N–H and O–H groups in total. The van der Waals surface area contributed by atoms with Gasteiger partial charge in [-0.1, -0.05) is 13.8 Å². The van der Waals surface area contributed by atoms with Gasteiger partial charge in [0.25, 0.3) is 0 Å². The molecule has 2 rings (SSSR count). The van der Waals surface area contributed by atoms with Crippen LogP contribution in [0.15, 0.2) is 0 Å². The van der Waals surface area contributed by atoms with Gasteiger partial charge < -0.3 is 16.4 Å². The van der Waals surface area contributed by atoms with E-state index in [1.807, 2.05) is 0 Å². The maximum atomic E-state index is 11.5. The lowest BCUT2D eigenvalue weighted by Crippen LogP contribution is -2.58. The molecule has 0 spiro atoms. The Hall–Kier alpha value is -0.610. The zero-order valence-corrected chi connectivity index (χ0v) is 12.4. The van der Waals surface area contributed by atoms with Gasteiger partial charge in [0.15, 0.2) is 0 Å². The fraction of sp³-hybridized carbons (Fsp3) is 0.933. The summed E-state index contributed by atoms with van der Waals surface area (Å²) in [6.45, 7) is 6.95. The Kier molecular flexibility index (Phi) is 4.51. The second kappa shape index (κ2) is 5.80. The van der Waals surface area contributed by atoms with E-state index in [9.17, 15) is 4.79 Å². The summed E-state index contributed by atoms with van der Waals surface area (Å²) >= 11 is 0. The van der Waals surface area contributed by atoms with Crippen molar-refractivity contribution in [3.05, 3.63) is 0 Å². The van der Waals surface area contributed by atoms with Gasteiger partial charge in [-0.2, -0.15) is 0 Å². The van der Waals surface area contributed by atoms with Crippen LogP contribution in [-0.4, -0.2) is 35.5 Å². The third kappa shape index (κ3) is 3.29. The normalized spacial score (nSPS) is 34.6. The van der Waals surface area contributed by atoms with Gasteiger partial charge in [-0.05, 0) is 63.5 Å². The molecule has 0 aromatic heterocycles. The zero-order valence-electron chi connectivity index (χ0n) is 12.4. The molecule has 0 bridgehead atoms. The molecular weight excluding hydrogens is 238 g/mol. The molecule has 1 saturated heterocycles. The van der Waals surface area contributed by atoms with Crippen LogP contribution >= 0.6 is 0 Å². The number of nitrogens with zero attached hydrogens (tertiary/aromatic N) is 1. The summed E-state index contributed by atoms with van der Waals surface area (Å²) in [7, 11) is 0. The standard InChI is InChI=1S/C15H29N3O/c1-11(2)12-5-8-18(9-6-12)13-4-3-7-15(17,10-13)14(16)19/h11-13H,3-10,17H2,1-2H3,(H2,16,19). The van der Waals surface area contributed by atoms with E-state index in [0.717, 1.165) is 44.2 Å². The van der Waals surface area contributed by atoms with Crippen molar-refractivity contribution in [3.63, 3.8) is 0 Å². The number of piperidine rings is 1. The number of carbonyl (C=O) groups excluding carboxylic acids is 1. The van der Waals surface area contributed by atoms with E-state index >= 15 is 0 Å². The maximum absolute atomic E-state index is 11.5. The summed E-state index contributed by atoms with van der Waals surface area (Å²) < 4.78 is 0. The molecular formula is C15H29N3O. The lowest BCUT2D eigenvalue weighted by atomic mass is 9.77. The Labute approximate surface area is 116 Å². The highest BCUT2D eigenvalue weighted by molar-refractivity contribution is 5.84. The predicted octanol–water partition coefficient (Wildman–Crippen LogP) is 1.48. The van der Waals surface area contributed by atoms with Crippen molar-refractivity contribution in [2.24, 2.45) is 23.3 Å². The van der Waals surface area contributed by atoms with Crippen molar-refractivity contribution in [1.82, 2.24) is 4.90 Å². The van der Waals surface area contributed by atoms with E-state index < -0.39 is 5.54 Å². The number of hydrogen-bond donors (Lipinski definition) is 2. The summed E-state index contributed by atoms with van der Waals surface area (Å²) in [6, 6.07) is 0.458. The molecule has 4 heteroatoms. The number of carbonyl (C=O) groups is 1. The van der Waals surface area contributed by atoms with Crippen LogP contribution in [0.1, 0.15) is 52.4 Å². The van der Waals surface area contributed by atoms with Gasteiger partial charge in [-0.25, -0.2) is 0 Å². The van der Waals surface area contributed by atoms with Crippen LogP contribution in [0.5, 0.6) is 0 Å². The van der Waals surface area contributed by atoms with Gasteiger partial charge in [0.05, 0.1) is 5.54 Å². The second-order valence-corrected chi connectivity index (χ2v) is 6.89. The second-order valence-electron chi connectivity index (χ2n) is 6.89. The fourth-order valence-electron chi connectivity index (χ4n) is 3.76. The summed E-state index contributed by atoms with van der Waals surface area (Å²) in [5.41, 5.74) is 10.9. The van der Waals surface area contributed by atoms with Crippen molar-refractivity contribution in [2.45, 2.75) is 64.0 Å². The van der Waals surface area contributed by atoms with E-state index in [1.165, 1.54) is 19.3 Å². The van der Waals surface area contributed by atoms with Crippen molar-refractivity contribution < 1.29 is 4.79 Å². The first kappa shape index (κ1) is 14.8. The van der Waals surface area contributed by atoms with Crippen molar-refractivity contribution in [3.8, 4) is 0 Å². The van der Waals surface area contributed by atoms with E-state index in [-0.39, 0.29) is 5.91 Å². The lowest BCUT2D eigenvalue weighted by molar-refractivity contribution is -0.125. The van der Waals surface area contributed by atoms with Crippen LogP contribution in [0.2, 0.25) is 0 Å². The number of rotatable bonds is 3. The first-order valence-electron chi connectivity index (χ1n) is 7.75. The van der Waals surface area contributed by atoms with Crippen LogP contribution < -0.4 is 11.5 Å². The fourth-order valence-corrected chi connectivity index (χ4v) is 3.76. The van der Waals surface area contributed by atoms with E-state index in [4.69, 9.17) is 11.5 Å². The molecule has 4 nitrogen and oxygen atoms in total. The number of nitrogens with two attached hydrogens (primary N) is 2. The Morgan fingerprint density at radius 3 is 2.42 bits per heavy atom. The predicted molar refractivity (Wildman–Crippen MR) is 77.5 cm³/mol. The van der Waals surface area contributed by atoms with Crippen LogP contribution in [0.25, 0.3) is 0 Å². The molecule has 1 amide bonds. The number of hydrogen-bond acceptors (Lipinski definition) is 3. The van der Waals surface area contributed by atoms with Gasteiger partial charge in [-0.3, -0.25) is 4.79 Å². The summed E-state index contributed by atoms with van der Waals surface area (Å²) in [5, 5.41) is 0. The van der Waals surface area contributed by atoms with E-state index in [2.05, 4.69) is 18.7 Å². The van der Waals surface area contributed by atoms with Gasteiger partial charge in [0.2, 0.25) is 5.91 Å². The molecule has 1 aliphatic heterocycles. The smallest absolute Gasteiger partial charge is 0.237 e. The molecule has 110 valence electrons. The topological polar surface area (TPSA) is 72.3 Å². The van der Waals surface area contributed by atoms with E-state index in [1.54, 1.807) is 0 Å². The average molecular weight is 267 g/mol. The molecule has 2 unspecified atom stereocenters. The van der Waals surface area contributed by atoms with Crippen molar-refractivity contribution >= 4 is 5.91 Å². The number of amides is 1. The molecule has 2 atom stereocenters. The van der Waals surface area contributed by atoms with Gasteiger partial charge in [0, 0.05) is 6.04 Å². The third-order valence-corrected chi connectivity index (χ3v) is 5.28. The monoisotopic (exact) mass is 267 g/mol. The number of primary amides is 1. The lowest BCUT2D eigenvalue weighted by Gasteiger charge is -2.44. The highest BCUT2D eigenvalue weighted by Gasteiger charge is 2.40. The summed E-state index contributed by atoms with van der Waals surface area (Å²) in [6.07, 6.45) is 6.24. The average Bonchev–Trinajstić information content (AvgIpc) is 2.39. The Bertz CT molecular complexity index is 323. The summed E-state index contributed by atoms with van der Waals surface area (Å²) in [5.74, 6) is 1.32. The third-order valence-electron chi connectivity index (χ3n) is 5.28. The highest BCUT2D eigenvalue weighted by atomic mass is 16.1. The Morgan fingerprint density at radius 1 is 1.26 bits per heavy atom. The van der Waals surface area contributed by atoms with Crippen LogP contribution in [0, 0.1) is 11.8 Å². The van der Waals surface area contributed by atoms with Crippen LogP contribution in [0.3, 0.4) is 0 Å². The maximum Gasteiger partial charge on any atom is 0.237 e.